The maximum atomic E-state index is 12.7. The molecule has 0 amide bonds. The quantitative estimate of drug-likeness (QED) is 0.0333. The molecule has 1 aliphatic rings. The molecule has 6 unspecified atom stereocenters. The molecule has 0 aromatic heterocycles. The third-order valence-corrected chi connectivity index (χ3v) is 8.48. The molecule has 0 saturated carbocycles. The molecule has 1 aliphatic heterocycles. The molecule has 1 rings (SSSR count). The van der Waals surface area contributed by atoms with Crippen molar-refractivity contribution in [2.24, 2.45) is 0 Å². The van der Waals surface area contributed by atoms with Crippen LogP contribution >= 0.6 is 0 Å². The van der Waals surface area contributed by atoms with Crippen molar-refractivity contribution in [3.63, 3.8) is 0 Å². The van der Waals surface area contributed by atoms with E-state index < -0.39 is 43.4 Å². The highest BCUT2D eigenvalue weighted by Gasteiger charge is 2.44. The number of aliphatic hydroxyl groups is 4. The van der Waals surface area contributed by atoms with Gasteiger partial charge in [0.05, 0.1) is 19.8 Å². The summed E-state index contributed by atoms with van der Waals surface area (Å²) in [4.78, 5) is 12.7. The molecule has 49 heavy (non-hydrogen) atoms. The Bertz CT molecular complexity index is 885. The van der Waals surface area contributed by atoms with Crippen LogP contribution < -0.4 is 0 Å². The summed E-state index contributed by atoms with van der Waals surface area (Å²) in [6, 6.07) is 0. The summed E-state index contributed by atoms with van der Waals surface area (Å²) in [6.45, 7) is 4.33. The second-order valence-corrected chi connectivity index (χ2v) is 13.0. The Hall–Kier alpha value is -1.85. The molecule has 0 aromatic carbocycles. The summed E-state index contributed by atoms with van der Waals surface area (Å²) in [7, 11) is 0. The van der Waals surface area contributed by atoms with Crippen LogP contribution in [0.2, 0.25) is 0 Å². The number of unbranched alkanes of at least 4 members (excludes halogenated alkanes) is 12. The van der Waals surface area contributed by atoms with E-state index >= 15 is 0 Å². The van der Waals surface area contributed by atoms with Gasteiger partial charge in [0.25, 0.3) is 0 Å². The zero-order valence-electron chi connectivity index (χ0n) is 30.7. The van der Waals surface area contributed by atoms with Gasteiger partial charge in [0.2, 0.25) is 0 Å². The number of esters is 1. The van der Waals surface area contributed by atoms with Crippen LogP contribution in [0.3, 0.4) is 0 Å². The van der Waals surface area contributed by atoms with Gasteiger partial charge in [-0.05, 0) is 70.6 Å². The van der Waals surface area contributed by atoms with Crippen molar-refractivity contribution >= 4 is 5.97 Å². The number of carbonyl (C=O) groups excluding carboxylic acids is 1. The number of allylic oxidation sites excluding steroid dienone is 8. The van der Waals surface area contributed by atoms with Gasteiger partial charge in [-0.15, -0.1) is 0 Å². The van der Waals surface area contributed by atoms with E-state index in [1.165, 1.54) is 25.7 Å². The molecule has 0 spiro atoms. The Kier molecular flexibility index (Phi) is 29.6. The van der Waals surface area contributed by atoms with Gasteiger partial charge in [-0.25, -0.2) is 0 Å². The highest BCUT2D eigenvalue weighted by Crippen LogP contribution is 2.22. The van der Waals surface area contributed by atoms with Crippen molar-refractivity contribution in [3.05, 3.63) is 48.6 Å². The first kappa shape index (κ1) is 45.2. The van der Waals surface area contributed by atoms with Crippen molar-refractivity contribution in [2.45, 2.75) is 173 Å². The summed E-state index contributed by atoms with van der Waals surface area (Å²) < 4.78 is 22.7. The van der Waals surface area contributed by atoms with Crippen LogP contribution in [0, 0.1) is 0 Å². The number of hydrogen-bond donors (Lipinski definition) is 4. The van der Waals surface area contributed by atoms with Crippen molar-refractivity contribution in [1.82, 2.24) is 0 Å². The van der Waals surface area contributed by atoms with Gasteiger partial charge >= 0.3 is 5.97 Å². The standard InChI is InChI=1S/C40H70O9/c1-3-5-7-9-11-13-15-17-18-20-22-24-26-28-30-46-32-34(33-47-40-39(45)38(44)37(43)35(31-41)49-40)48-36(42)29-27-25-23-21-19-16-14-12-10-8-6-4-2/h5,7,11-14,17-18,34-35,37-41,43-45H,3-4,6,8-10,15-16,19-33H2,1-2H3/b7-5-,13-11-,14-12-,18-17-. The molecule has 1 saturated heterocycles. The van der Waals surface area contributed by atoms with E-state index in [0.717, 1.165) is 89.9 Å². The molecular weight excluding hydrogens is 624 g/mol. The fourth-order valence-electron chi connectivity index (χ4n) is 5.44. The van der Waals surface area contributed by atoms with Crippen LogP contribution in [0.5, 0.6) is 0 Å². The largest absolute Gasteiger partial charge is 0.457 e. The normalized spacial score (nSPS) is 22.3. The summed E-state index contributed by atoms with van der Waals surface area (Å²) >= 11 is 0. The number of ether oxygens (including phenoxy) is 4. The van der Waals surface area contributed by atoms with E-state index in [4.69, 9.17) is 18.9 Å². The van der Waals surface area contributed by atoms with Crippen LogP contribution in [0.1, 0.15) is 136 Å². The number of hydrogen-bond acceptors (Lipinski definition) is 9. The van der Waals surface area contributed by atoms with Crippen LogP contribution in [0.4, 0.5) is 0 Å². The van der Waals surface area contributed by atoms with Crippen LogP contribution in [0.15, 0.2) is 48.6 Å². The van der Waals surface area contributed by atoms with Gasteiger partial charge in [0.1, 0.15) is 30.5 Å². The minimum atomic E-state index is -1.54. The van der Waals surface area contributed by atoms with Gasteiger partial charge in [0.15, 0.2) is 6.29 Å². The second-order valence-electron chi connectivity index (χ2n) is 13.0. The summed E-state index contributed by atoms with van der Waals surface area (Å²) in [5, 5.41) is 39.9. The number of carbonyl (C=O) groups is 1. The molecule has 284 valence electrons. The lowest BCUT2D eigenvalue weighted by molar-refractivity contribution is -0.305. The maximum Gasteiger partial charge on any atom is 0.306 e. The molecule has 0 aromatic rings. The monoisotopic (exact) mass is 695 g/mol. The van der Waals surface area contributed by atoms with Crippen molar-refractivity contribution < 1.29 is 44.2 Å². The third-order valence-electron chi connectivity index (χ3n) is 8.48. The Balaban J connectivity index is 2.36. The Labute approximate surface area is 297 Å². The fourth-order valence-corrected chi connectivity index (χ4v) is 5.44. The van der Waals surface area contributed by atoms with Crippen molar-refractivity contribution in [3.8, 4) is 0 Å². The van der Waals surface area contributed by atoms with E-state index in [0.29, 0.717) is 13.0 Å². The van der Waals surface area contributed by atoms with Gasteiger partial charge in [-0.1, -0.05) is 107 Å². The van der Waals surface area contributed by atoms with Crippen LogP contribution in [-0.4, -0.2) is 89.6 Å². The van der Waals surface area contributed by atoms with Gasteiger partial charge in [-0.2, -0.15) is 0 Å². The maximum absolute atomic E-state index is 12.7. The zero-order chi connectivity index (χ0) is 35.8. The first-order chi connectivity index (χ1) is 23.9. The molecular formula is C40H70O9. The van der Waals surface area contributed by atoms with E-state index in [1.807, 2.05) is 0 Å². The fraction of sp³-hybridized carbons (Fsp3) is 0.775. The minimum absolute atomic E-state index is 0.125. The number of rotatable bonds is 31. The van der Waals surface area contributed by atoms with E-state index in [1.54, 1.807) is 0 Å². The molecule has 6 atom stereocenters. The first-order valence-corrected chi connectivity index (χ1v) is 19.2. The van der Waals surface area contributed by atoms with Crippen molar-refractivity contribution in [2.75, 3.05) is 26.4 Å². The topological polar surface area (TPSA) is 135 Å². The van der Waals surface area contributed by atoms with Crippen LogP contribution in [0.25, 0.3) is 0 Å². The second kappa shape index (κ2) is 32.1. The lowest BCUT2D eigenvalue weighted by Gasteiger charge is -2.39. The highest BCUT2D eigenvalue weighted by molar-refractivity contribution is 5.69. The average molecular weight is 695 g/mol. The third kappa shape index (κ3) is 24.1. The SMILES string of the molecule is CC/C=C\C/C=C\C/C=C\CCCCCCOCC(COC1OC(CO)C(O)C(O)C1O)OC(=O)CCCCCCC/C=C\CCCCC. The molecule has 0 aliphatic carbocycles. The lowest BCUT2D eigenvalue weighted by Crippen LogP contribution is -2.59. The van der Waals surface area contributed by atoms with Gasteiger partial charge < -0.3 is 39.4 Å². The van der Waals surface area contributed by atoms with Crippen LogP contribution in [-0.2, 0) is 23.7 Å². The first-order valence-electron chi connectivity index (χ1n) is 19.2. The highest BCUT2D eigenvalue weighted by atomic mass is 16.7. The molecule has 4 N–H and O–H groups in total. The van der Waals surface area contributed by atoms with E-state index in [2.05, 4.69) is 62.5 Å². The predicted octanol–water partition coefficient (Wildman–Crippen LogP) is 7.41. The van der Waals surface area contributed by atoms with Gasteiger partial charge in [-0.3, -0.25) is 4.79 Å². The molecule has 0 bridgehead atoms. The van der Waals surface area contributed by atoms with E-state index in [9.17, 15) is 25.2 Å². The summed E-state index contributed by atoms with van der Waals surface area (Å²) in [5.74, 6) is -0.335. The molecule has 9 nitrogen and oxygen atoms in total. The van der Waals surface area contributed by atoms with Crippen molar-refractivity contribution in [1.29, 1.82) is 0 Å². The molecule has 0 radical (unpaired) electrons. The summed E-state index contributed by atoms with van der Waals surface area (Å²) in [6.07, 6.45) is 29.9. The summed E-state index contributed by atoms with van der Waals surface area (Å²) in [5.41, 5.74) is 0. The van der Waals surface area contributed by atoms with E-state index in [-0.39, 0.29) is 19.2 Å². The Morgan fingerprint density at radius 3 is 1.90 bits per heavy atom. The molecule has 1 heterocycles. The molecule has 9 heteroatoms. The number of aliphatic hydroxyl groups excluding tert-OH is 4. The lowest BCUT2D eigenvalue weighted by atomic mass is 9.99. The zero-order valence-corrected chi connectivity index (χ0v) is 30.7. The average Bonchev–Trinajstić information content (AvgIpc) is 3.10. The smallest absolute Gasteiger partial charge is 0.306 e. The van der Waals surface area contributed by atoms with Gasteiger partial charge in [0, 0.05) is 13.0 Å². The predicted molar refractivity (Wildman–Crippen MR) is 196 cm³/mol. The molecule has 1 fully saturated rings. The Morgan fingerprint density at radius 2 is 1.24 bits per heavy atom. The Morgan fingerprint density at radius 1 is 0.673 bits per heavy atom. The minimum Gasteiger partial charge on any atom is -0.457 e.